The molecule has 5 heteroatoms. The standard InChI is InChI=1S/C25H28N4O/c1-3-4-14-29-18-20-15-21(10-11-22(20)25(29)30)28(2)24-17-26-13-12-23(24)27-16-19-8-6-5-7-9-19/h5-13,15,17H,3-4,14,16,18H2,1-2H3,(H,26,27). The van der Waals surface area contributed by atoms with Gasteiger partial charge in [-0.3, -0.25) is 9.78 Å². The van der Waals surface area contributed by atoms with Crippen LogP contribution in [0.5, 0.6) is 0 Å². The SMILES string of the molecule is CCCCN1Cc2cc(N(C)c3cnccc3NCc3ccccc3)ccc2C1=O. The number of benzene rings is 2. The molecule has 0 atom stereocenters. The lowest BCUT2D eigenvalue weighted by Gasteiger charge is -2.23. The summed E-state index contributed by atoms with van der Waals surface area (Å²) in [5.74, 6) is 0.152. The molecule has 4 rings (SSSR count). The lowest BCUT2D eigenvalue weighted by Crippen LogP contribution is -2.24. The highest BCUT2D eigenvalue weighted by Gasteiger charge is 2.27. The molecule has 0 saturated carbocycles. The zero-order chi connectivity index (χ0) is 20.9. The van der Waals surface area contributed by atoms with E-state index in [2.05, 4.69) is 40.3 Å². The number of aromatic nitrogens is 1. The van der Waals surface area contributed by atoms with E-state index in [1.807, 2.05) is 54.5 Å². The number of nitrogens with zero attached hydrogens (tertiary/aromatic N) is 3. The highest BCUT2D eigenvalue weighted by molar-refractivity contribution is 5.99. The Morgan fingerprint density at radius 1 is 1.13 bits per heavy atom. The van der Waals surface area contributed by atoms with Gasteiger partial charge >= 0.3 is 0 Å². The van der Waals surface area contributed by atoms with E-state index >= 15 is 0 Å². The first-order chi connectivity index (χ1) is 14.7. The molecule has 0 radical (unpaired) electrons. The Kier molecular flexibility index (Phi) is 5.98. The average Bonchev–Trinajstić information content (AvgIpc) is 3.11. The molecule has 0 fully saturated rings. The third-order valence-corrected chi connectivity index (χ3v) is 5.62. The molecule has 1 N–H and O–H groups in total. The number of hydrogen-bond acceptors (Lipinski definition) is 4. The van der Waals surface area contributed by atoms with E-state index in [9.17, 15) is 4.79 Å². The molecule has 30 heavy (non-hydrogen) atoms. The monoisotopic (exact) mass is 400 g/mol. The van der Waals surface area contributed by atoms with Gasteiger partial charge in [-0.15, -0.1) is 0 Å². The van der Waals surface area contributed by atoms with Crippen LogP contribution in [0.25, 0.3) is 0 Å². The van der Waals surface area contributed by atoms with E-state index in [4.69, 9.17) is 0 Å². The summed E-state index contributed by atoms with van der Waals surface area (Å²) in [6.07, 6.45) is 5.81. The van der Waals surface area contributed by atoms with Gasteiger partial charge in [0.2, 0.25) is 0 Å². The van der Waals surface area contributed by atoms with Gasteiger partial charge in [0.15, 0.2) is 0 Å². The number of pyridine rings is 1. The topological polar surface area (TPSA) is 48.5 Å². The van der Waals surface area contributed by atoms with Crippen molar-refractivity contribution in [1.29, 1.82) is 0 Å². The highest BCUT2D eigenvalue weighted by atomic mass is 16.2. The van der Waals surface area contributed by atoms with Gasteiger partial charge < -0.3 is 15.1 Å². The van der Waals surface area contributed by atoms with Crippen molar-refractivity contribution < 1.29 is 4.79 Å². The van der Waals surface area contributed by atoms with Crippen LogP contribution in [-0.4, -0.2) is 29.4 Å². The first kappa shape index (κ1) is 20.0. The van der Waals surface area contributed by atoms with Gasteiger partial charge in [0, 0.05) is 44.1 Å². The Balaban J connectivity index is 1.53. The molecule has 5 nitrogen and oxygen atoms in total. The number of anilines is 3. The summed E-state index contributed by atoms with van der Waals surface area (Å²) in [5.41, 5.74) is 6.24. The molecule has 1 amide bonds. The molecule has 0 bridgehead atoms. The van der Waals surface area contributed by atoms with Gasteiger partial charge in [-0.1, -0.05) is 43.7 Å². The zero-order valence-corrected chi connectivity index (χ0v) is 17.6. The van der Waals surface area contributed by atoms with Crippen LogP contribution in [-0.2, 0) is 13.1 Å². The number of amides is 1. The van der Waals surface area contributed by atoms with Crippen LogP contribution in [0.3, 0.4) is 0 Å². The van der Waals surface area contributed by atoms with Crippen molar-refractivity contribution in [2.45, 2.75) is 32.9 Å². The van der Waals surface area contributed by atoms with Crippen molar-refractivity contribution in [2.24, 2.45) is 0 Å². The molecule has 0 spiro atoms. The van der Waals surface area contributed by atoms with Gasteiger partial charge in [0.1, 0.15) is 0 Å². The lowest BCUT2D eigenvalue weighted by molar-refractivity contribution is 0.0776. The number of fused-ring (bicyclic) bond motifs is 1. The minimum absolute atomic E-state index is 0.152. The molecule has 1 aliphatic rings. The smallest absolute Gasteiger partial charge is 0.254 e. The number of rotatable bonds is 8. The van der Waals surface area contributed by atoms with Crippen molar-refractivity contribution >= 4 is 23.0 Å². The van der Waals surface area contributed by atoms with E-state index in [1.54, 1.807) is 6.20 Å². The van der Waals surface area contributed by atoms with Gasteiger partial charge in [-0.25, -0.2) is 0 Å². The molecule has 154 valence electrons. The maximum Gasteiger partial charge on any atom is 0.254 e. The summed E-state index contributed by atoms with van der Waals surface area (Å²) < 4.78 is 0. The third kappa shape index (κ3) is 4.15. The van der Waals surface area contributed by atoms with Crippen molar-refractivity contribution in [3.05, 3.63) is 83.7 Å². The Morgan fingerprint density at radius 3 is 2.77 bits per heavy atom. The summed E-state index contributed by atoms with van der Waals surface area (Å²) in [6, 6.07) is 18.5. The van der Waals surface area contributed by atoms with Crippen LogP contribution >= 0.6 is 0 Å². The summed E-state index contributed by atoms with van der Waals surface area (Å²) >= 11 is 0. The summed E-state index contributed by atoms with van der Waals surface area (Å²) in [4.78, 5) is 21.0. The number of carbonyl (C=O) groups excluding carboxylic acids is 1. The second-order valence-electron chi connectivity index (χ2n) is 7.71. The number of unbranched alkanes of at least 4 members (excludes halogenated alkanes) is 1. The van der Waals surface area contributed by atoms with Crippen LogP contribution in [0.15, 0.2) is 67.0 Å². The molecule has 3 aromatic rings. The maximum absolute atomic E-state index is 12.6. The fourth-order valence-corrected chi connectivity index (χ4v) is 3.84. The Labute approximate surface area is 178 Å². The predicted molar refractivity (Wildman–Crippen MR) is 122 cm³/mol. The first-order valence-corrected chi connectivity index (χ1v) is 10.5. The second-order valence-corrected chi connectivity index (χ2v) is 7.71. The Hall–Kier alpha value is -3.34. The molecule has 0 unspecified atom stereocenters. The van der Waals surface area contributed by atoms with Crippen LogP contribution in [0.1, 0.15) is 41.3 Å². The second kappa shape index (κ2) is 8.99. The van der Waals surface area contributed by atoms with Gasteiger partial charge in [0.25, 0.3) is 5.91 Å². The third-order valence-electron chi connectivity index (χ3n) is 5.62. The number of carbonyl (C=O) groups is 1. The van der Waals surface area contributed by atoms with Crippen LogP contribution < -0.4 is 10.2 Å². The van der Waals surface area contributed by atoms with E-state index in [0.717, 1.165) is 54.1 Å². The molecule has 2 heterocycles. The molecular formula is C25H28N4O. The van der Waals surface area contributed by atoms with Gasteiger partial charge in [0.05, 0.1) is 17.6 Å². The summed E-state index contributed by atoms with van der Waals surface area (Å²) in [5, 5.41) is 3.53. The minimum Gasteiger partial charge on any atom is -0.379 e. The molecule has 0 aliphatic carbocycles. The fraction of sp³-hybridized carbons (Fsp3) is 0.280. The first-order valence-electron chi connectivity index (χ1n) is 10.5. The Morgan fingerprint density at radius 2 is 1.97 bits per heavy atom. The zero-order valence-electron chi connectivity index (χ0n) is 17.6. The van der Waals surface area contributed by atoms with Crippen molar-refractivity contribution in [3.63, 3.8) is 0 Å². The van der Waals surface area contributed by atoms with Crippen molar-refractivity contribution in [2.75, 3.05) is 23.8 Å². The van der Waals surface area contributed by atoms with Crippen LogP contribution in [0.2, 0.25) is 0 Å². The molecule has 0 saturated heterocycles. The van der Waals surface area contributed by atoms with Crippen LogP contribution in [0, 0.1) is 0 Å². The lowest BCUT2D eigenvalue weighted by atomic mass is 10.1. The summed E-state index contributed by atoms with van der Waals surface area (Å²) in [6.45, 7) is 4.42. The van der Waals surface area contributed by atoms with Crippen molar-refractivity contribution in [1.82, 2.24) is 9.88 Å². The minimum atomic E-state index is 0.152. The van der Waals surface area contributed by atoms with Gasteiger partial charge in [-0.2, -0.15) is 0 Å². The van der Waals surface area contributed by atoms with E-state index < -0.39 is 0 Å². The predicted octanol–water partition coefficient (Wildman–Crippen LogP) is 5.22. The molecular weight excluding hydrogens is 372 g/mol. The molecule has 1 aromatic heterocycles. The molecule has 1 aliphatic heterocycles. The molecule has 2 aromatic carbocycles. The number of nitrogens with one attached hydrogen (secondary N) is 1. The highest BCUT2D eigenvalue weighted by Crippen LogP contribution is 2.33. The number of hydrogen-bond donors (Lipinski definition) is 1. The average molecular weight is 401 g/mol. The van der Waals surface area contributed by atoms with E-state index in [1.165, 1.54) is 5.56 Å². The largest absolute Gasteiger partial charge is 0.379 e. The van der Waals surface area contributed by atoms with Gasteiger partial charge in [-0.05, 0) is 41.8 Å². The van der Waals surface area contributed by atoms with Crippen molar-refractivity contribution in [3.8, 4) is 0 Å². The fourth-order valence-electron chi connectivity index (χ4n) is 3.84. The normalized spacial score (nSPS) is 12.7. The Bertz CT molecular complexity index is 1020. The summed E-state index contributed by atoms with van der Waals surface area (Å²) in [7, 11) is 2.04. The quantitative estimate of drug-likeness (QED) is 0.563. The maximum atomic E-state index is 12.6. The van der Waals surface area contributed by atoms with E-state index in [0.29, 0.717) is 6.54 Å². The van der Waals surface area contributed by atoms with E-state index in [-0.39, 0.29) is 5.91 Å². The van der Waals surface area contributed by atoms with Crippen LogP contribution in [0.4, 0.5) is 17.1 Å².